The fourth-order valence-electron chi connectivity index (χ4n) is 6.20. The van der Waals surface area contributed by atoms with E-state index >= 15 is 4.39 Å². The van der Waals surface area contributed by atoms with Gasteiger partial charge in [-0.3, -0.25) is 9.59 Å². The summed E-state index contributed by atoms with van der Waals surface area (Å²) in [6.07, 6.45) is 10.5. The van der Waals surface area contributed by atoms with Crippen LogP contribution in [0, 0.1) is 17.2 Å². The molecule has 0 aliphatic heterocycles. The first-order valence-corrected chi connectivity index (χ1v) is 18.7. The van der Waals surface area contributed by atoms with Crippen molar-refractivity contribution in [3.05, 3.63) is 72.1 Å². The third-order valence-electron chi connectivity index (χ3n) is 9.57. The van der Waals surface area contributed by atoms with Crippen LogP contribution in [0.2, 0.25) is 0 Å². The van der Waals surface area contributed by atoms with E-state index in [1.807, 2.05) is 6.07 Å². The molecule has 1 saturated carbocycles. The Balaban J connectivity index is 1.92. The lowest BCUT2D eigenvalue weighted by Crippen LogP contribution is -2.45. The summed E-state index contributed by atoms with van der Waals surface area (Å²) in [5.41, 5.74) is -0.147. The Morgan fingerprint density at radius 1 is 0.691 bits per heavy atom. The molecule has 0 amide bonds. The van der Waals surface area contributed by atoms with Gasteiger partial charge >= 0.3 is 23.9 Å². The fraction of sp³-hybridized carbons (Fsp3) is 0.488. The minimum absolute atomic E-state index is 0.0386. The average molecular weight is 765 g/mol. The monoisotopic (exact) mass is 764 g/mol. The summed E-state index contributed by atoms with van der Waals surface area (Å²) in [7, 11) is 0. The van der Waals surface area contributed by atoms with E-state index in [-0.39, 0.29) is 39.7 Å². The second-order valence-corrected chi connectivity index (χ2v) is 14.5. The molecule has 55 heavy (non-hydrogen) atoms. The normalized spacial score (nSPS) is 15.3. The maximum absolute atomic E-state index is 15.9. The summed E-state index contributed by atoms with van der Waals surface area (Å²) < 4.78 is 43.2. The first-order chi connectivity index (χ1) is 26.1. The van der Waals surface area contributed by atoms with Gasteiger partial charge in [0.2, 0.25) is 11.6 Å². The number of Topliss-reactive ketones (excluding diaryl/α,β-unsaturated/α-hetero) is 2. The van der Waals surface area contributed by atoms with Gasteiger partial charge in [0, 0.05) is 42.2 Å². The zero-order chi connectivity index (χ0) is 40.7. The predicted octanol–water partition coefficient (Wildman–Crippen LogP) is 7.97. The van der Waals surface area contributed by atoms with E-state index < -0.39 is 73.1 Å². The largest absolute Gasteiger partial charge is 0.492 e. The molecule has 1 aliphatic carbocycles. The Labute approximate surface area is 322 Å². The zero-order valence-corrected chi connectivity index (χ0v) is 32.6. The Morgan fingerprint density at radius 3 is 1.78 bits per heavy atom. The lowest BCUT2D eigenvalue weighted by atomic mass is 9.77. The molecule has 0 bridgehead atoms. The van der Waals surface area contributed by atoms with Crippen LogP contribution in [0.25, 0.3) is 11.1 Å². The molecule has 0 aromatic heterocycles. The molecule has 0 radical (unpaired) electrons. The smallest absolute Gasteiger partial charge is 0.374 e. The van der Waals surface area contributed by atoms with Crippen molar-refractivity contribution in [2.24, 2.45) is 11.3 Å². The molecule has 0 unspecified atom stereocenters. The van der Waals surface area contributed by atoms with Crippen LogP contribution in [-0.2, 0) is 43.0 Å². The second-order valence-electron chi connectivity index (χ2n) is 14.5. The summed E-state index contributed by atoms with van der Waals surface area (Å²) in [4.78, 5) is 72.7. The van der Waals surface area contributed by atoms with Gasteiger partial charge in [-0.2, -0.15) is 0 Å². The van der Waals surface area contributed by atoms with Crippen LogP contribution in [0.15, 0.2) is 60.7 Å². The van der Waals surface area contributed by atoms with Gasteiger partial charge in [0.25, 0.3) is 0 Å². The zero-order valence-electron chi connectivity index (χ0n) is 32.6. The van der Waals surface area contributed by atoms with Crippen molar-refractivity contribution >= 4 is 35.4 Å². The first-order valence-electron chi connectivity index (χ1n) is 18.7. The minimum Gasteiger partial charge on any atom is -0.492 e. The predicted molar refractivity (Wildman–Crippen MR) is 203 cm³/mol. The third kappa shape index (κ3) is 13.6. The lowest BCUT2D eigenvalue weighted by molar-refractivity contribution is -0.168. The number of esters is 4. The Bertz CT molecular complexity index is 1680. The number of hydrogen-bond donors (Lipinski definition) is 0. The van der Waals surface area contributed by atoms with Crippen LogP contribution in [0.5, 0.6) is 11.5 Å². The van der Waals surface area contributed by atoms with Crippen molar-refractivity contribution < 1.29 is 56.8 Å². The number of benzene rings is 2. The Morgan fingerprint density at radius 2 is 1.25 bits per heavy atom. The van der Waals surface area contributed by atoms with Crippen LogP contribution in [0.1, 0.15) is 104 Å². The van der Waals surface area contributed by atoms with E-state index in [1.54, 1.807) is 12.1 Å². The van der Waals surface area contributed by atoms with E-state index in [2.05, 4.69) is 20.1 Å². The molecule has 0 heterocycles. The van der Waals surface area contributed by atoms with Crippen molar-refractivity contribution in [2.75, 3.05) is 26.4 Å². The SMILES string of the molecule is C=C(C)C(=O)OCC(COC(=O)C(C)=O)(COC(=O)C(C)=O)COc1ccc(-c2ccc(C3CCC(CCCCCC)CC3)cc2F)c(OC(=O)C(=C)C)c1. The first kappa shape index (κ1) is 44.3. The van der Waals surface area contributed by atoms with Crippen molar-refractivity contribution in [2.45, 2.75) is 98.3 Å². The molecule has 1 fully saturated rings. The van der Waals surface area contributed by atoms with Gasteiger partial charge in [-0.15, -0.1) is 0 Å². The molecule has 1 aliphatic rings. The number of rotatable bonds is 21. The number of ether oxygens (including phenoxy) is 5. The summed E-state index contributed by atoms with van der Waals surface area (Å²) in [5, 5.41) is 0. The van der Waals surface area contributed by atoms with Gasteiger partial charge in [0.05, 0.1) is 0 Å². The van der Waals surface area contributed by atoms with Crippen molar-refractivity contribution in [1.82, 2.24) is 0 Å². The molecule has 3 rings (SSSR count). The molecule has 0 spiro atoms. The Kier molecular flexibility index (Phi) is 17.0. The number of carbonyl (C=O) groups is 6. The van der Waals surface area contributed by atoms with E-state index in [0.717, 1.165) is 45.1 Å². The minimum atomic E-state index is -1.65. The van der Waals surface area contributed by atoms with Crippen LogP contribution < -0.4 is 9.47 Å². The number of halogens is 1. The maximum atomic E-state index is 15.9. The van der Waals surface area contributed by atoms with E-state index in [1.165, 1.54) is 64.2 Å². The van der Waals surface area contributed by atoms with Crippen LogP contribution >= 0.6 is 0 Å². The molecule has 298 valence electrons. The summed E-state index contributed by atoms with van der Waals surface area (Å²) in [5.74, 6) is -5.36. The highest BCUT2D eigenvalue weighted by molar-refractivity contribution is 6.32. The molecular weight excluding hydrogens is 711 g/mol. The van der Waals surface area contributed by atoms with Gasteiger partial charge in [-0.1, -0.05) is 64.3 Å². The highest BCUT2D eigenvalue weighted by atomic mass is 19.1. The third-order valence-corrected chi connectivity index (χ3v) is 9.57. The van der Waals surface area contributed by atoms with Crippen molar-refractivity contribution in [3.8, 4) is 22.6 Å². The number of unbranched alkanes of at least 4 members (excludes halogenated alkanes) is 3. The summed E-state index contributed by atoms with van der Waals surface area (Å²) >= 11 is 0. The molecule has 0 atom stereocenters. The topological polar surface area (TPSA) is 149 Å². The van der Waals surface area contributed by atoms with E-state index in [0.29, 0.717) is 5.92 Å². The molecular formula is C43H53FO11. The molecule has 2 aromatic rings. The van der Waals surface area contributed by atoms with Crippen LogP contribution in [0.3, 0.4) is 0 Å². The summed E-state index contributed by atoms with van der Waals surface area (Å²) in [6.45, 7) is 11.9. The van der Waals surface area contributed by atoms with Gasteiger partial charge in [0.1, 0.15) is 49.2 Å². The molecule has 2 aromatic carbocycles. The van der Waals surface area contributed by atoms with E-state index in [9.17, 15) is 28.8 Å². The quantitative estimate of drug-likeness (QED) is 0.0304. The number of ketones is 2. The lowest BCUT2D eigenvalue weighted by Gasteiger charge is -2.31. The molecule has 11 nitrogen and oxygen atoms in total. The van der Waals surface area contributed by atoms with Crippen LogP contribution in [0.4, 0.5) is 4.39 Å². The highest BCUT2D eigenvalue weighted by Crippen LogP contribution is 2.41. The molecule has 0 N–H and O–H groups in total. The number of carbonyl (C=O) groups excluding carboxylic acids is 6. The Hall–Kier alpha value is -5.13. The van der Waals surface area contributed by atoms with Gasteiger partial charge in [-0.05, 0) is 75.1 Å². The van der Waals surface area contributed by atoms with Gasteiger partial charge in [-0.25, -0.2) is 23.6 Å². The fourth-order valence-corrected chi connectivity index (χ4v) is 6.20. The average Bonchev–Trinajstić information content (AvgIpc) is 3.15. The molecule has 12 heteroatoms. The van der Waals surface area contributed by atoms with Crippen molar-refractivity contribution in [3.63, 3.8) is 0 Å². The standard InChI is InChI=1S/C43H53FO11/c1-8-9-10-11-12-31-13-15-32(16-14-31)33-17-19-35(37(44)21-33)36-20-18-34(22-38(36)55-40(48)28(4)5)51-23-43(24-52-39(47)27(2)3,25-53-41(49)29(6)45)26-54-42(50)30(7)46/h17-22,31-32H,2,4,8-16,23-26H2,1,3,5-7H3. The second kappa shape index (κ2) is 21.1. The van der Waals surface area contributed by atoms with Gasteiger partial charge in [0.15, 0.2) is 0 Å². The maximum Gasteiger partial charge on any atom is 0.374 e. The number of hydrogen-bond acceptors (Lipinski definition) is 11. The highest BCUT2D eigenvalue weighted by Gasteiger charge is 2.38. The van der Waals surface area contributed by atoms with E-state index in [4.69, 9.17) is 23.7 Å². The van der Waals surface area contributed by atoms with Crippen molar-refractivity contribution in [1.29, 1.82) is 0 Å². The summed E-state index contributed by atoms with van der Waals surface area (Å²) in [6, 6.07) is 9.46. The van der Waals surface area contributed by atoms with Crippen LogP contribution in [-0.4, -0.2) is 61.9 Å². The van der Waals surface area contributed by atoms with Gasteiger partial charge < -0.3 is 23.7 Å². The molecule has 0 saturated heterocycles.